The molecule has 0 aromatic heterocycles. The van der Waals surface area contributed by atoms with Gasteiger partial charge in [-0.1, -0.05) is 6.92 Å². The second-order valence-corrected chi connectivity index (χ2v) is 5.28. The molecule has 0 amide bonds. The molecule has 0 bridgehead atoms. The van der Waals surface area contributed by atoms with Gasteiger partial charge < -0.3 is 19.5 Å². The van der Waals surface area contributed by atoms with Gasteiger partial charge in [-0.2, -0.15) is 0 Å². The summed E-state index contributed by atoms with van der Waals surface area (Å²) in [5.41, 5.74) is 1.40. The number of methoxy groups -OCH3 is 2. The predicted molar refractivity (Wildman–Crippen MR) is 98.9 cm³/mol. The average molecular weight is 341 g/mol. The molecule has 5 nitrogen and oxygen atoms in total. The van der Waals surface area contributed by atoms with Crippen molar-refractivity contribution in [3.05, 3.63) is 60.3 Å². The van der Waals surface area contributed by atoms with Gasteiger partial charge in [0.1, 0.15) is 5.75 Å². The Labute approximate surface area is 148 Å². The lowest BCUT2D eigenvalue weighted by atomic mass is 10.1. The molecular formula is C20H23NO4. The molecule has 2 aromatic rings. The fourth-order valence-corrected chi connectivity index (χ4v) is 2.17. The smallest absolute Gasteiger partial charge is 0.187 e. The standard InChI is InChI=1S/C20H23NO4/c1-4-13-25-17-8-6-16(7-9-17)21-12-11-18(22)15-5-10-19(23-2)20(14-15)24-3/h5-12,14,21H,4,13H2,1-3H3/b12-11+. The number of hydrogen-bond donors (Lipinski definition) is 1. The summed E-state index contributed by atoms with van der Waals surface area (Å²) in [6, 6.07) is 12.7. The molecule has 0 saturated heterocycles. The number of rotatable bonds is 9. The minimum atomic E-state index is -0.128. The van der Waals surface area contributed by atoms with Crippen LogP contribution in [0, 0.1) is 0 Å². The summed E-state index contributed by atoms with van der Waals surface area (Å²) in [6.45, 7) is 2.77. The van der Waals surface area contributed by atoms with E-state index in [9.17, 15) is 4.79 Å². The van der Waals surface area contributed by atoms with E-state index in [0.29, 0.717) is 23.7 Å². The van der Waals surface area contributed by atoms with E-state index in [2.05, 4.69) is 12.2 Å². The molecule has 2 rings (SSSR count). The number of carbonyl (C=O) groups is 1. The zero-order chi connectivity index (χ0) is 18.1. The van der Waals surface area contributed by atoms with Crippen LogP contribution in [0.25, 0.3) is 0 Å². The predicted octanol–water partition coefficient (Wildman–Crippen LogP) is 4.30. The van der Waals surface area contributed by atoms with Crippen LogP contribution in [0.5, 0.6) is 17.2 Å². The summed E-state index contributed by atoms with van der Waals surface area (Å²) >= 11 is 0. The van der Waals surface area contributed by atoms with Crippen molar-refractivity contribution in [3.63, 3.8) is 0 Å². The lowest BCUT2D eigenvalue weighted by molar-refractivity contribution is 0.104. The second kappa shape index (κ2) is 9.37. The molecule has 0 fully saturated rings. The highest BCUT2D eigenvalue weighted by molar-refractivity contribution is 6.05. The van der Waals surface area contributed by atoms with Gasteiger partial charge in [-0.25, -0.2) is 0 Å². The molecular weight excluding hydrogens is 318 g/mol. The molecule has 0 saturated carbocycles. The van der Waals surface area contributed by atoms with E-state index in [1.54, 1.807) is 31.5 Å². The fraction of sp³-hybridized carbons (Fsp3) is 0.250. The van der Waals surface area contributed by atoms with Crippen LogP contribution in [0.1, 0.15) is 23.7 Å². The molecule has 2 aromatic carbocycles. The van der Waals surface area contributed by atoms with Gasteiger partial charge in [-0.3, -0.25) is 4.79 Å². The number of nitrogens with one attached hydrogen (secondary N) is 1. The largest absolute Gasteiger partial charge is 0.494 e. The van der Waals surface area contributed by atoms with Crippen LogP contribution in [0.2, 0.25) is 0 Å². The number of ketones is 1. The van der Waals surface area contributed by atoms with Crippen molar-refractivity contribution >= 4 is 11.5 Å². The van der Waals surface area contributed by atoms with Gasteiger partial charge >= 0.3 is 0 Å². The van der Waals surface area contributed by atoms with Gasteiger partial charge in [-0.15, -0.1) is 0 Å². The SMILES string of the molecule is CCCOc1ccc(N/C=C/C(=O)c2ccc(OC)c(OC)c2)cc1. The number of allylic oxidation sites excluding steroid dienone is 1. The summed E-state index contributed by atoms with van der Waals surface area (Å²) in [4.78, 5) is 12.2. The number of carbonyl (C=O) groups excluding carboxylic acids is 1. The van der Waals surface area contributed by atoms with Gasteiger partial charge in [0.2, 0.25) is 0 Å². The Morgan fingerprint density at radius 2 is 1.76 bits per heavy atom. The van der Waals surface area contributed by atoms with Crippen LogP contribution in [0.15, 0.2) is 54.7 Å². The minimum Gasteiger partial charge on any atom is -0.494 e. The first-order chi connectivity index (χ1) is 12.2. The van der Waals surface area contributed by atoms with Gasteiger partial charge in [0.05, 0.1) is 20.8 Å². The zero-order valence-electron chi connectivity index (χ0n) is 14.7. The van der Waals surface area contributed by atoms with Gasteiger partial charge in [0.25, 0.3) is 0 Å². The number of benzene rings is 2. The number of anilines is 1. The second-order valence-electron chi connectivity index (χ2n) is 5.28. The highest BCUT2D eigenvalue weighted by atomic mass is 16.5. The number of hydrogen-bond acceptors (Lipinski definition) is 5. The van der Waals surface area contributed by atoms with Gasteiger partial charge in [-0.05, 0) is 48.9 Å². The maximum absolute atomic E-state index is 12.2. The molecule has 0 aliphatic carbocycles. The summed E-state index contributed by atoms with van der Waals surface area (Å²) in [6.07, 6.45) is 4.06. The molecule has 0 atom stereocenters. The number of ether oxygens (including phenoxy) is 3. The minimum absolute atomic E-state index is 0.128. The molecule has 0 aliphatic heterocycles. The normalized spacial score (nSPS) is 10.5. The van der Waals surface area contributed by atoms with Crippen LogP contribution in [-0.4, -0.2) is 26.6 Å². The van der Waals surface area contributed by atoms with Crippen molar-refractivity contribution in [1.82, 2.24) is 0 Å². The van der Waals surface area contributed by atoms with E-state index in [1.165, 1.54) is 13.2 Å². The molecule has 0 unspecified atom stereocenters. The van der Waals surface area contributed by atoms with Crippen LogP contribution >= 0.6 is 0 Å². The maximum Gasteiger partial charge on any atom is 0.187 e. The van der Waals surface area contributed by atoms with Crippen molar-refractivity contribution in [3.8, 4) is 17.2 Å². The summed E-state index contributed by atoms with van der Waals surface area (Å²) in [7, 11) is 3.10. The summed E-state index contributed by atoms with van der Waals surface area (Å²) in [5.74, 6) is 1.82. The first-order valence-corrected chi connectivity index (χ1v) is 8.10. The highest BCUT2D eigenvalue weighted by Crippen LogP contribution is 2.27. The van der Waals surface area contributed by atoms with Crippen molar-refractivity contribution < 1.29 is 19.0 Å². The lowest BCUT2D eigenvalue weighted by Crippen LogP contribution is -1.99. The van der Waals surface area contributed by atoms with E-state index >= 15 is 0 Å². The third-order valence-electron chi connectivity index (χ3n) is 3.48. The van der Waals surface area contributed by atoms with Crippen molar-refractivity contribution in [2.45, 2.75) is 13.3 Å². The van der Waals surface area contributed by atoms with E-state index in [4.69, 9.17) is 14.2 Å². The van der Waals surface area contributed by atoms with E-state index < -0.39 is 0 Å². The molecule has 0 aliphatic rings. The Bertz CT molecular complexity index is 723. The molecule has 1 N–H and O–H groups in total. The van der Waals surface area contributed by atoms with Crippen LogP contribution in [0.4, 0.5) is 5.69 Å². The first-order valence-electron chi connectivity index (χ1n) is 8.10. The highest BCUT2D eigenvalue weighted by Gasteiger charge is 2.08. The van der Waals surface area contributed by atoms with Crippen LogP contribution in [0.3, 0.4) is 0 Å². The van der Waals surface area contributed by atoms with Gasteiger partial charge in [0, 0.05) is 23.5 Å². The first kappa shape index (κ1) is 18.4. The third-order valence-corrected chi connectivity index (χ3v) is 3.48. The lowest BCUT2D eigenvalue weighted by Gasteiger charge is -2.08. The Morgan fingerprint density at radius 3 is 2.40 bits per heavy atom. The maximum atomic E-state index is 12.2. The Kier molecular flexibility index (Phi) is 6.89. The molecule has 132 valence electrons. The van der Waals surface area contributed by atoms with Crippen LogP contribution in [-0.2, 0) is 0 Å². The molecule has 0 heterocycles. The van der Waals surface area contributed by atoms with Crippen molar-refractivity contribution in [2.24, 2.45) is 0 Å². The zero-order valence-corrected chi connectivity index (χ0v) is 14.7. The van der Waals surface area contributed by atoms with E-state index in [0.717, 1.165) is 17.9 Å². The Hall–Kier alpha value is -2.95. The summed E-state index contributed by atoms with van der Waals surface area (Å²) < 4.78 is 15.9. The average Bonchev–Trinajstić information content (AvgIpc) is 2.66. The van der Waals surface area contributed by atoms with E-state index in [1.807, 2.05) is 24.3 Å². The molecule has 5 heteroatoms. The summed E-state index contributed by atoms with van der Waals surface area (Å²) in [5, 5.41) is 3.07. The topological polar surface area (TPSA) is 56.8 Å². The quantitative estimate of drug-likeness (QED) is 0.544. The fourth-order valence-electron chi connectivity index (χ4n) is 2.17. The van der Waals surface area contributed by atoms with Gasteiger partial charge in [0.15, 0.2) is 17.3 Å². The molecule has 0 radical (unpaired) electrons. The van der Waals surface area contributed by atoms with E-state index in [-0.39, 0.29) is 5.78 Å². The Morgan fingerprint density at radius 1 is 1.04 bits per heavy atom. The third kappa shape index (κ3) is 5.28. The van der Waals surface area contributed by atoms with Crippen molar-refractivity contribution in [1.29, 1.82) is 0 Å². The van der Waals surface area contributed by atoms with Crippen molar-refractivity contribution in [2.75, 3.05) is 26.1 Å². The monoisotopic (exact) mass is 341 g/mol. The molecule has 25 heavy (non-hydrogen) atoms. The molecule has 0 spiro atoms. The van der Waals surface area contributed by atoms with Crippen LogP contribution < -0.4 is 19.5 Å². The Balaban J connectivity index is 1.96.